The van der Waals surface area contributed by atoms with E-state index in [9.17, 15) is 0 Å². The number of rotatable bonds is 4. The second-order valence-corrected chi connectivity index (χ2v) is 6.92. The molecule has 0 aliphatic heterocycles. The minimum atomic E-state index is 0.748. The molecule has 0 amide bonds. The lowest BCUT2D eigenvalue weighted by atomic mass is 10.1. The van der Waals surface area contributed by atoms with Gasteiger partial charge in [0.2, 0.25) is 0 Å². The molecule has 0 aromatic heterocycles. The third-order valence-corrected chi connectivity index (χ3v) is 5.05. The molecule has 5 heteroatoms. The van der Waals surface area contributed by atoms with Gasteiger partial charge in [0.25, 0.3) is 0 Å². The van der Waals surface area contributed by atoms with Crippen LogP contribution in [0.4, 0.5) is 5.69 Å². The van der Waals surface area contributed by atoms with E-state index in [0.717, 1.165) is 31.4 Å². The Kier molecular flexibility index (Phi) is 5.52. The summed E-state index contributed by atoms with van der Waals surface area (Å²) >= 11 is 10.6. The van der Waals surface area contributed by atoms with Crippen molar-refractivity contribution in [2.45, 2.75) is 13.5 Å². The Labute approximate surface area is 144 Å². The van der Waals surface area contributed by atoms with Gasteiger partial charge in [0.05, 0.1) is 16.1 Å². The second kappa shape index (κ2) is 6.96. The van der Waals surface area contributed by atoms with Crippen molar-refractivity contribution in [2.75, 3.05) is 12.4 Å². The van der Waals surface area contributed by atoms with Gasteiger partial charge >= 0.3 is 0 Å². The van der Waals surface area contributed by atoms with Crippen LogP contribution >= 0.6 is 47.8 Å². The first-order chi connectivity index (χ1) is 9.52. The van der Waals surface area contributed by atoms with Crippen LogP contribution in [-0.4, -0.2) is 7.11 Å². The highest BCUT2D eigenvalue weighted by Gasteiger charge is 2.08. The smallest absolute Gasteiger partial charge is 0.147 e. The molecule has 2 rings (SSSR count). The van der Waals surface area contributed by atoms with Crippen LogP contribution < -0.4 is 10.1 Å². The fourth-order valence-electron chi connectivity index (χ4n) is 1.91. The minimum Gasteiger partial charge on any atom is -0.494 e. The van der Waals surface area contributed by atoms with E-state index >= 15 is 0 Å². The van der Waals surface area contributed by atoms with Crippen LogP contribution in [0, 0.1) is 6.92 Å². The second-order valence-electron chi connectivity index (χ2n) is 4.36. The molecule has 0 bridgehead atoms. The van der Waals surface area contributed by atoms with Crippen molar-refractivity contribution in [3.63, 3.8) is 0 Å². The van der Waals surface area contributed by atoms with E-state index in [2.05, 4.69) is 78.2 Å². The molecule has 0 aliphatic rings. The van der Waals surface area contributed by atoms with Crippen LogP contribution in [0.3, 0.4) is 0 Å². The minimum absolute atomic E-state index is 0.748. The third-order valence-electron chi connectivity index (χ3n) is 3.01. The topological polar surface area (TPSA) is 21.3 Å². The molecular weight excluding hydrogens is 450 g/mol. The lowest BCUT2D eigenvalue weighted by Crippen LogP contribution is -2.02. The summed E-state index contributed by atoms with van der Waals surface area (Å²) in [4.78, 5) is 0. The van der Waals surface area contributed by atoms with E-state index in [4.69, 9.17) is 4.74 Å². The van der Waals surface area contributed by atoms with Gasteiger partial charge in [-0.15, -0.1) is 0 Å². The van der Waals surface area contributed by atoms with Crippen molar-refractivity contribution >= 4 is 53.5 Å². The summed E-state index contributed by atoms with van der Waals surface area (Å²) in [5.74, 6) is 0.812. The third kappa shape index (κ3) is 3.57. The number of hydrogen-bond acceptors (Lipinski definition) is 2. The zero-order chi connectivity index (χ0) is 14.7. The highest BCUT2D eigenvalue weighted by atomic mass is 79.9. The lowest BCUT2D eigenvalue weighted by molar-refractivity contribution is 0.409. The summed E-state index contributed by atoms with van der Waals surface area (Å²) in [7, 11) is 1.66. The van der Waals surface area contributed by atoms with E-state index in [1.165, 1.54) is 11.1 Å². The van der Waals surface area contributed by atoms with Crippen molar-refractivity contribution in [1.29, 1.82) is 0 Å². The quantitative estimate of drug-likeness (QED) is 0.609. The van der Waals surface area contributed by atoms with Gasteiger partial charge in [0, 0.05) is 16.7 Å². The first kappa shape index (κ1) is 15.9. The molecule has 0 radical (unpaired) electrons. The van der Waals surface area contributed by atoms with E-state index in [1.54, 1.807) is 7.11 Å². The monoisotopic (exact) mass is 461 g/mol. The molecule has 0 saturated heterocycles. The Balaban J connectivity index is 2.17. The Morgan fingerprint density at radius 2 is 1.70 bits per heavy atom. The van der Waals surface area contributed by atoms with E-state index in [-0.39, 0.29) is 0 Å². The SMILES string of the molecule is COc1c(Br)cc(CNc2cccc(Br)c2C)cc1Br. The molecule has 2 aromatic rings. The Hall–Kier alpha value is -0.520. The fraction of sp³-hybridized carbons (Fsp3) is 0.200. The summed E-state index contributed by atoms with van der Waals surface area (Å²) in [5.41, 5.74) is 3.51. The van der Waals surface area contributed by atoms with Crippen LogP contribution in [0.15, 0.2) is 43.7 Å². The highest BCUT2D eigenvalue weighted by Crippen LogP contribution is 2.34. The number of ether oxygens (including phenoxy) is 1. The molecular formula is C15H14Br3NO. The molecule has 20 heavy (non-hydrogen) atoms. The number of halogens is 3. The summed E-state index contributed by atoms with van der Waals surface area (Å²) in [5, 5.41) is 3.45. The number of methoxy groups -OCH3 is 1. The maximum Gasteiger partial charge on any atom is 0.147 e. The van der Waals surface area contributed by atoms with E-state index in [0.29, 0.717) is 0 Å². The van der Waals surface area contributed by atoms with Crippen molar-refractivity contribution in [2.24, 2.45) is 0 Å². The summed E-state index contributed by atoms with van der Waals surface area (Å²) in [6.45, 7) is 2.84. The largest absolute Gasteiger partial charge is 0.494 e. The first-order valence-corrected chi connectivity index (χ1v) is 8.41. The molecule has 106 valence electrons. The average Bonchev–Trinajstić information content (AvgIpc) is 2.40. The number of hydrogen-bond donors (Lipinski definition) is 1. The van der Waals surface area contributed by atoms with Gasteiger partial charge in [-0.1, -0.05) is 22.0 Å². The summed E-state index contributed by atoms with van der Waals surface area (Å²) < 4.78 is 8.30. The Morgan fingerprint density at radius 3 is 2.30 bits per heavy atom. The number of nitrogens with one attached hydrogen (secondary N) is 1. The number of anilines is 1. The molecule has 2 nitrogen and oxygen atoms in total. The van der Waals surface area contributed by atoms with Gasteiger partial charge in [-0.25, -0.2) is 0 Å². The normalized spacial score (nSPS) is 10.4. The van der Waals surface area contributed by atoms with Crippen molar-refractivity contribution < 1.29 is 4.74 Å². The molecule has 0 atom stereocenters. The molecule has 0 aliphatic carbocycles. The van der Waals surface area contributed by atoms with Crippen LogP contribution in [0.1, 0.15) is 11.1 Å². The zero-order valence-corrected chi connectivity index (χ0v) is 15.9. The van der Waals surface area contributed by atoms with Gasteiger partial charge in [-0.3, -0.25) is 0 Å². The predicted octanol–water partition coefficient (Wildman–Crippen LogP) is 5.90. The van der Waals surface area contributed by atoms with E-state index < -0.39 is 0 Å². The van der Waals surface area contributed by atoms with Gasteiger partial charge in [0.15, 0.2) is 0 Å². The summed E-state index contributed by atoms with van der Waals surface area (Å²) in [6.07, 6.45) is 0. The van der Waals surface area contributed by atoms with Gasteiger partial charge < -0.3 is 10.1 Å². The van der Waals surface area contributed by atoms with Crippen LogP contribution in [0.2, 0.25) is 0 Å². The van der Waals surface area contributed by atoms with Gasteiger partial charge in [-0.05, 0) is 74.2 Å². The van der Waals surface area contributed by atoms with Crippen molar-refractivity contribution in [1.82, 2.24) is 0 Å². The first-order valence-electron chi connectivity index (χ1n) is 6.04. The summed E-state index contributed by atoms with van der Waals surface area (Å²) in [6, 6.07) is 10.3. The molecule has 0 heterocycles. The Bertz CT molecular complexity index is 606. The van der Waals surface area contributed by atoms with Gasteiger partial charge in [0.1, 0.15) is 5.75 Å². The number of benzene rings is 2. The Morgan fingerprint density at radius 1 is 1.05 bits per heavy atom. The maximum atomic E-state index is 5.31. The molecule has 0 spiro atoms. The van der Waals surface area contributed by atoms with Crippen molar-refractivity contribution in [3.8, 4) is 5.75 Å². The van der Waals surface area contributed by atoms with Crippen molar-refractivity contribution in [3.05, 3.63) is 54.9 Å². The highest BCUT2D eigenvalue weighted by molar-refractivity contribution is 9.11. The van der Waals surface area contributed by atoms with Crippen LogP contribution in [0.25, 0.3) is 0 Å². The van der Waals surface area contributed by atoms with Gasteiger partial charge in [-0.2, -0.15) is 0 Å². The lowest BCUT2D eigenvalue weighted by Gasteiger charge is -2.13. The molecule has 0 saturated carbocycles. The molecule has 0 fully saturated rings. The average molecular weight is 464 g/mol. The maximum absolute atomic E-state index is 5.31. The van der Waals surface area contributed by atoms with E-state index in [1.807, 2.05) is 12.1 Å². The zero-order valence-electron chi connectivity index (χ0n) is 11.1. The molecule has 1 N–H and O–H groups in total. The molecule has 0 unspecified atom stereocenters. The molecule has 2 aromatic carbocycles. The standard InChI is InChI=1S/C15H14Br3NO/c1-9-11(16)4-3-5-14(9)19-8-10-6-12(17)15(20-2)13(18)7-10/h3-7,19H,8H2,1-2H3. The van der Waals surface area contributed by atoms with Crippen LogP contribution in [0.5, 0.6) is 5.75 Å². The predicted molar refractivity (Wildman–Crippen MR) is 94.6 cm³/mol. The van der Waals surface area contributed by atoms with Crippen LogP contribution in [-0.2, 0) is 6.54 Å². The fourth-order valence-corrected chi connectivity index (χ4v) is 3.88.